The van der Waals surface area contributed by atoms with E-state index in [0.29, 0.717) is 22.7 Å². The molecule has 0 amide bonds. The van der Waals surface area contributed by atoms with E-state index in [4.69, 9.17) is 9.15 Å². The first kappa shape index (κ1) is 21.0. The van der Waals surface area contributed by atoms with Crippen LogP contribution in [-0.4, -0.2) is 65.3 Å². The number of fused-ring (bicyclic) bond motifs is 2. The largest absolute Gasteiger partial charge is 0.463 e. The molecule has 5 bridgehead atoms. The molecule has 1 unspecified atom stereocenters. The van der Waals surface area contributed by atoms with Crippen LogP contribution in [0.3, 0.4) is 0 Å². The molecule has 1 aliphatic carbocycles. The fraction of sp³-hybridized carbons (Fsp3) is 0.593. The van der Waals surface area contributed by atoms with Gasteiger partial charge in [0.25, 0.3) is 0 Å². The van der Waals surface area contributed by atoms with Crippen molar-refractivity contribution in [2.75, 3.05) is 19.1 Å². The number of rotatable bonds is 4. The Morgan fingerprint density at radius 1 is 1.24 bits per heavy atom. The van der Waals surface area contributed by atoms with Gasteiger partial charge in [-0.25, -0.2) is 4.79 Å². The Bertz CT molecular complexity index is 1180. The van der Waals surface area contributed by atoms with E-state index in [-0.39, 0.29) is 41.1 Å². The molecule has 10 atom stereocenters. The predicted molar refractivity (Wildman–Crippen MR) is 124 cm³/mol. The summed E-state index contributed by atoms with van der Waals surface area (Å²) in [5, 5.41) is 24.1. The summed E-state index contributed by atoms with van der Waals surface area (Å²) in [6.07, 6.45) is 1.83. The first-order valence-electron chi connectivity index (χ1n) is 12.6. The Balaban J connectivity index is 1.41. The lowest BCUT2D eigenvalue weighted by Crippen LogP contribution is -2.82. The monoisotopic (exact) mass is 465 g/mol. The minimum atomic E-state index is -0.512. The van der Waals surface area contributed by atoms with Gasteiger partial charge in [-0.1, -0.05) is 25.1 Å². The van der Waals surface area contributed by atoms with Gasteiger partial charge in [-0.15, -0.1) is 0 Å². The molecule has 6 aliphatic rings. The second-order valence-electron chi connectivity index (χ2n) is 11.3. The van der Waals surface area contributed by atoms with E-state index in [0.717, 1.165) is 19.3 Å². The van der Waals surface area contributed by atoms with E-state index in [1.807, 2.05) is 6.07 Å². The summed E-state index contributed by atoms with van der Waals surface area (Å²) in [6.45, 7) is 2.69. The van der Waals surface area contributed by atoms with Crippen LogP contribution in [0.4, 0.5) is 5.69 Å². The molecule has 8 rings (SSSR count). The number of aliphatic hydroxyl groups excluding tert-OH is 2. The molecule has 34 heavy (non-hydrogen) atoms. The number of anilines is 1. The molecule has 2 aromatic rings. The Morgan fingerprint density at radius 2 is 2.03 bits per heavy atom. The first-order valence-corrected chi connectivity index (χ1v) is 12.6. The standard InChI is InChI=1S/C27H33N2O5/c1-4-15-16-11-19-23-27(17-7-5-6-8-18(17)28(23)2)12-20(22(16)24(27)30)29(19,25(15)31)13-14-9-10-21(34-14)26(32)33-3/h5-10,15-16,19-20,22-25,30-31H,4,11-13H2,1-3H3/q+1/t15-,16-,19+,20-,22+,23-,24-,25+,27-,29?/m0/s1. The highest BCUT2D eigenvalue weighted by Gasteiger charge is 2.83. The molecular formula is C27H33N2O5+. The second-order valence-corrected chi connectivity index (χ2v) is 11.3. The Labute approximate surface area is 199 Å². The van der Waals surface area contributed by atoms with E-state index >= 15 is 0 Å². The average molecular weight is 466 g/mol. The van der Waals surface area contributed by atoms with Crippen molar-refractivity contribution in [3.63, 3.8) is 0 Å². The number of ether oxygens (including phenoxy) is 1. The smallest absolute Gasteiger partial charge is 0.373 e. The number of benzene rings is 1. The lowest BCUT2D eigenvalue weighted by atomic mass is 9.60. The number of furan rings is 1. The summed E-state index contributed by atoms with van der Waals surface area (Å²) in [4.78, 5) is 14.4. The molecule has 1 aromatic heterocycles. The molecule has 1 saturated carbocycles. The van der Waals surface area contributed by atoms with Crippen molar-refractivity contribution in [1.82, 2.24) is 0 Å². The van der Waals surface area contributed by atoms with Gasteiger partial charge in [0.05, 0.1) is 30.7 Å². The van der Waals surface area contributed by atoms with Crippen LogP contribution in [0.1, 0.15) is 48.1 Å². The van der Waals surface area contributed by atoms with Gasteiger partial charge < -0.3 is 24.3 Å². The summed E-state index contributed by atoms with van der Waals surface area (Å²) in [5.41, 5.74) is 2.20. The van der Waals surface area contributed by atoms with Crippen molar-refractivity contribution >= 4 is 11.7 Å². The van der Waals surface area contributed by atoms with Gasteiger partial charge in [-0.05, 0) is 36.1 Å². The number of esters is 1. The van der Waals surface area contributed by atoms with E-state index in [9.17, 15) is 15.0 Å². The van der Waals surface area contributed by atoms with E-state index in [1.54, 1.807) is 6.07 Å². The SMILES string of the molecule is CC[C@H]1[C@@H]2C[C@@H]3[C@@H]4N(C)c5ccccc5[C@@]45C[C@@H]([C@@H]2[C@@H]5O)[N+]3(Cc2ccc(C(=O)OC)o2)[C@@H]1O. The zero-order valence-corrected chi connectivity index (χ0v) is 19.9. The molecule has 6 heterocycles. The van der Waals surface area contributed by atoms with E-state index in [2.05, 4.69) is 43.1 Å². The number of hydrogen-bond donors (Lipinski definition) is 2. The van der Waals surface area contributed by atoms with Crippen LogP contribution in [0.2, 0.25) is 0 Å². The van der Waals surface area contributed by atoms with Gasteiger partial charge in [-0.2, -0.15) is 0 Å². The number of piperidine rings is 4. The Kier molecular flexibility index (Phi) is 4.10. The van der Waals surface area contributed by atoms with Gasteiger partial charge in [0, 0.05) is 37.4 Å². The van der Waals surface area contributed by atoms with Gasteiger partial charge in [0.15, 0.2) is 12.0 Å². The van der Waals surface area contributed by atoms with Crippen LogP contribution in [0.5, 0.6) is 0 Å². The Hall–Kier alpha value is -2.35. The third kappa shape index (κ3) is 2.10. The predicted octanol–water partition coefficient (Wildman–Crippen LogP) is 2.65. The highest BCUT2D eigenvalue weighted by Crippen LogP contribution is 2.71. The van der Waals surface area contributed by atoms with Crippen LogP contribution >= 0.6 is 0 Å². The van der Waals surface area contributed by atoms with Crippen LogP contribution in [-0.2, 0) is 16.7 Å². The highest BCUT2D eigenvalue weighted by atomic mass is 16.5. The number of carbonyl (C=O) groups excluding carboxylic acids is 1. The molecule has 7 heteroatoms. The normalized spacial score (nSPS) is 44.9. The van der Waals surface area contributed by atoms with Crippen molar-refractivity contribution in [3.05, 3.63) is 53.5 Å². The van der Waals surface area contributed by atoms with E-state index in [1.165, 1.54) is 18.4 Å². The lowest BCUT2D eigenvalue weighted by molar-refractivity contribution is -1.05. The topological polar surface area (TPSA) is 83.1 Å². The fourth-order valence-electron chi connectivity index (χ4n) is 9.65. The van der Waals surface area contributed by atoms with Crippen LogP contribution in [0, 0.1) is 17.8 Å². The summed E-state index contributed by atoms with van der Waals surface area (Å²) in [6, 6.07) is 12.6. The van der Waals surface area contributed by atoms with E-state index < -0.39 is 18.3 Å². The van der Waals surface area contributed by atoms with Crippen molar-refractivity contribution in [1.29, 1.82) is 0 Å². The molecule has 180 valence electrons. The molecule has 0 radical (unpaired) electrons. The van der Waals surface area contributed by atoms with Crippen molar-refractivity contribution in [2.45, 2.75) is 68.6 Å². The summed E-state index contributed by atoms with van der Waals surface area (Å²) in [7, 11) is 3.51. The van der Waals surface area contributed by atoms with Crippen LogP contribution < -0.4 is 4.90 Å². The summed E-state index contributed by atoms with van der Waals surface area (Å²) < 4.78 is 11.3. The molecule has 1 spiro atoms. The van der Waals surface area contributed by atoms with Crippen LogP contribution in [0.25, 0.3) is 0 Å². The number of likely N-dealkylation sites (N-methyl/N-ethyl adjacent to an activating group) is 1. The number of hydrogen-bond acceptors (Lipinski definition) is 6. The highest BCUT2D eigenvalue weighted by molar-refractivity contribution is 5.86. The third-order valence-electron chi connectivity index (χ3n) is 10.6. The molecule has 7 nitrogen and oxygen atoms in total. The number of quaternary nitrogens is 1. The van der Waals surface area contributed by atoms with Gasteiger partial charge in [-0.3, -0.25) is 4.48 Å². The molecule has 2 N–H and O–H groups in total. The average Bonchev–Trinajstić information content (AvgIpc) is 3.47. The maximum Gasteiger partial charge on any atom is 0.373 e. The number of methoxy groups -OCH3 is 1. The minimum Gasteiger partial charge on any atom is -0.463 e. The number of aliphatic hydroxyl groups is 2. The second kappa shape index (κ2) is 6.65. The quantitative estimate of drug-likeness (QED) is 0.534. The third-order valence-corrected chi connectivity index (χ3v) is 10.6. The van der Waals surface area contributed by atoms with Gasteiger partial charge in [0.2, 0.25) is 5.76 Å². The molecular weight excluding hydrogens is 432 g/mol. The zero-order valence-electron chi connectivity index (χ0n) is 19.9. The maximum atomic E-state index is 12.1. The van der Waals surface area contributed by atoms with Gasteiger partial charge >= 0.3 is 5.97 Å². The maximum absolute atomic E-state index is 12.1. The zero-order chi connectivity index (χ0) is 23.6. The molecule has 1 aromatic carbocycles. The fourth-order valence-corrected chi connectivity index (χ4v) is 9.65. The summed E-state index contributed by atoms with van der Waals surface area (Å²) >= 11 is 0. The minimum absolute atomic E-state index is 0.119. The summed E-state index contributed by atoms with van der Waals surface area (Å²) in [5.74, 6) is 1.04. The molecule has 5 aliphatic heterocycles. The van der Waals surface area contributed by atoms with Crippen molar-refractivity contribution in [3.8, 4) is 0 Å². The number of para-hydroxylation sites is 1. The van der Waals surface area contributed by atoms with Gasteiger partial charge in [0.1, 0.15) is 12.6 Å². The lowest BCUT2D eigenvalue weighted by Gasteiger charge is -2.67. The first-order chi connectivity index (χ1) is 16.4. The number of nitrogens with zero attached hydrogens (tertiary/aromatic N) is 2. The van der Waals surface area contributed by atoms with Crippen LogP contribution in [0.15, 0.2) is 40.8 Å². The molecule has 5 fully saturated rings. The van der Waals surface area contributed by atoms with Crippen molar-refractivity contribution in [2.24, 2.45) is 17.8 Å². The van der Waals surface area contributed by atoms with Crippen molar-refractivity contribution < 1.29 is 28.6 Å². The Morgan fingerprint density at radius 3 is 2.79 bits per heavy atom. The number of carbonyl (C=O) groups is 1. The molecule has 4 saturated heterocycles.